The maximum absolute atomic E-state index is 12.4. The molecule has 0 amide bonds. The minimum Gasteiger partial charge on any atom is -0.395 e. The number of nitrogens with one attached hydrogen (secondary N) is 6. The zero-order chi connectivity index (χ0) is 37.7. The van der Waals surface area contributed by atoms with Crippen molar-refractivity contribution in [2.24, 2.45) is 0 Å². The average Bonchev–Trinajstić information content (AvgIpc) is 3.10. The molecule has 4 rings (SSSR count). The number of nitrogens with zero attached hydrogens (tertiary/aromatic N) is 6. The van der Waals surface area contributed by atoms with Crippen LogP contribution >= 0.6 is 0 Å². The Balaban J connectivity index is 1.64. The first-order chi connectivity index (χ1) is 24.8. The highest BCUT2D eigenvalue weighted by molar-refractivity contribution is 7.86. The molecule has 0 bridgehead atoms. The number of rotatable bonds is 20. The SMILES string of the molecule is O=S(=O)(O)c1cc(Nc2nc(NCCO)nc(NCCO)n2)ccc1/C=C/c1ccc(Nc2nc(NCCO)nc(NCCO)n2)cc1S(=O)(=O)O. The summed E-state index contributed by atoms with van der Waals surface area (Å²) in [4.78, 5) is 23.7. The molecule has 12 N–H and O–H groups in total. The largest absolute Gasteiger partial charge is 0.395 e. The molecule has 0 saturated carbocycles. The third-order valence-electron chi connectivity index (χ3n) is 6.39. The van der Waals surface area contributed by atoms with Crippen LogP contribution in [0.25, 0.3) is 12.2 Å². The van der Waals surface area contributed by atoms with Gasteiger partial charge in [0.15, 0.2) is 0 Å². The van der Waals surface area contributed by atoms with Gasteiger partial charge in [-0.2, -0.15) is 46.7 Å². The predicted octanol–water partition coefficient (Wildman–Crippen LogP) is -0.176. The summed E-state index contributed by atoms with van der Waals surface area (Å²) in [6.07, 6.45) is 2.43. The van der Waals surface area contributed by atoms with Gasteiger partial charge in [-0.25, -0.2) is 0 Å². The van der Waals surface area contributed by atoms with Crippen LogP contribution in [-0.4, -0.2) is 129 Å². The first-order valence-electron chi connectivity index (χ1n) is 15.2. The molecule has 2 aromatic carbocycles. The van der Waals surface area contributed by atoms with Gasteiger partial charge in [-0.1, -0.05) is 24.3 Å². The van der Waals surface area contributed by atoms with E-state index >= 15 is 0 Å². The Morgan fingerprint density at radius 2 is 0.769 bits per heavy atom. The van der Waals surface area contributed by atoms with E-state index in [1.807, 2.05) is 0 Å². The van der Waals surface area contributed by atoms with Crippen LogP contribution in [0, 0.1) is 0 Å². The first kappa shape index (κ1) is 39.4. The van der Waals surface area contributed by atoms with Gasteiger partial charge in [-0.3, -0.25) is 9.11 Å². The van der Waals surface area contributed by atoms with Crippen LogP contribution in [0.5, 0.6) is 0 Å². The van der Waals surface area contributed by atoms with Crippen LogP contribution in [-0.2, 0) is 20.2 Å². The van der Waals surface area contributed by atoms with Gasteiger partial charge in [0.2, 0.25) is 35.7 Å². The number of aromatic nitrogens is 6. The van der Waals surface area contributed by atoms with E-state index in [0.29, 0.717) is 0 Å². The summed E-state index contributed by atoms with van der Waals surface area (Å²) in [5.74, 6) is 0.130. The van der Waals surface area contributed by atoms with E-state index in [1.54, 1.807) is 0 Å². The molecule has 52 heavy (non-hydrogen) atoms. The third kappa shape index (κ3) is 11.6. The van der Waals surface area contributed by atoms with Crippen molar-refractivity contribution < 1.29 is 46.4 Å². The maximum Gasteiger partial charge on any atom is 0.295 e. The average molecular weight is 765 g/mol. The fraction of sp³-hybridized carbons (Fsp3) is 0.286. The van der Waals surface area contributed by atoms with Crippen LogP contribution in [0.3, 0.4) is 0 Å². The minimum absolute atomic E-state index is 0.0561. The van der Waals surface area contributed by atoms with Gasteiger partial charge in [-0.15, -0.1) is 0 Å². The van der Waals surface area contributed by atoms with Crippen LogP contribution < -0.4 is 31.9 Å². The second-order valence-electron chi connectivity index (χ2n) is 10.3. The predicted molar refractivity (Wildman–Crippen MR) is 190 cm³/mol. The molecule has 0 aliphatic heterocycles. The molecule has 4 aromatic rings. The number of anilines is 8. The molecular weight excluding hydrogens is 729 g/mol. The Kier molecular flexibility index (Phi) is 13.8. The molecule has 0 spiro atoms. The summed E-state index contributed by atoms with van der Waals surface area (Å²) < 4.78 is 69.7. The van der Waals surface area contributed by atoms with Crippen molar-refractivity contribution in [1.29, 1.82) is 0 Å². The van der Waals surface area contributed by atoms with Crippen molar-refractivity contribution in [1.82, 2.24) is 29.9 Å². The van der Waals surface area contributed by atoms with Crippen molar-refractivity contribution in [3.63, 3.8) is 0 Å². The fourth-order valence-corrected chi connectivity index (χ4v) is 5.65. The number of hydrogen-bond donors (Lipinski definition) is 12. The molecule has 0 atom stereocenters. The smallest absolute Gasteiger partial charge is 0.295 e. The minimum atomic E-state index is -4.85. The summed E-state index contributed by atoms with van der Waals surface area (Å²) in [7, 11) is -9.70. The van der Waals surface area contributed by atoms with Crippen molar-refractivity contribution in [3.8, 4) is 0 Å². The summed E-state index contributed by atoms with van der Waals surface area (Å²) in [6, 6.07) is 7.65. The van der Waals surface area contributed by atoms with E-state index in [2.05, 4.69) is 61.8 Å². The molecule has 280 valence electrons. The van der Waals surface area contributed by atoms with E-state index < -0.39 is 30.0 Å². The second-order valence-corrected chi connectivity index (χ2v) is 13.0. The summed E-state index contributed by atoms with van der Waals surface area (Å²) in [5.41, 5.74) is 0.126. The van der Waals surface area contributed by atoms with Crippen molar-refractivity contribution in [3.05, 3.63) is 47.5 Å². The van der Waals surface area contributed by atoms with Crippen LogP contribution in [0.4, 0.5) is 47.1 Å². The number of aliphatic hydroxyl groups excluding tert-OH is 4. The normalized spacial score (nSPS) is 11.7. The molecule has 0 unspecified atom stereocenters. The zero-order valence-electron chi connectivity index (χ0n) is 27.1. The Morgan fingerprint density at radius 3 is 1.04 bits per heavy atom. The molecule has 0 fully saturated rings. The molecule has 22 nitrogen and oxygen atoms in total. The number of hydrogen-bond acceptors (Lipinski definition) is 20. The lowest BCUT2D eigenvalue weighted by Crippen LogP contribution is -2.15. The van der Waals surface area contributed by atoms with E-state index in [4.69, 9.17) is 20.4 Å². The molecule has 24 heteroatoms. The lowest BCUT2D eigenvalue weighted by molar-refractivity contribution is 0.310. The maximum atomic E-state index is 12.4. The third-order valence-corrected chi connectivity index (χ3v) is 8.21. The lowest BCUT2D eigenvalue weighted by atomic mass is 10.1. The molecular formula is C28H36N12O10S2. The van der Waals surface area contributed by atoms with Crippen molar-refractivity contribution >= 4 is 79.5 Å². The topological polar surface area (TPSA) is 339 Å². The van der Waals surface area contributed by atoms with Gasteiger partial charge in [0.05, 0.1) is 26.4 Å². The van der Waals surface area contributed by atoms with E-state index in [9.17, 15) is 25.9 Å². The molecule has 2 aromatic heterocycles. The Morgan fingerprint density at radius 1 is 0.481 bits per heavy atom. The number of benzene rings is 2. The highest BCUT2D eigenvalue weighted by atomic mass is 32.2. The molecule has 0 aliphatic carbocycles. The first-order valence-corrected chi connectivity index (χ1v) is 18.1. The highest BCUT2D eigenvalue weighted by Crippen LogP contribution is 2.28. The molecule has 0 radical (unpaired) electrons. The molecule has 0 aliphatic rings. The summed E-state index contributed by atoms with van der Waals surface area (Å²) in [6.45, 7) is -0.410. The quantitative estimate of drug-likeness (QED) is 0.0410. The number of aliphatic hydroxyl groups is 4. The van der Waals surface area contributed by atoms with Gasteiger partial charge in [-0.05, 0) is 35.4 Å². The second kappa shape index (κ2) is 18.2. The monoisotopic (exact) mass is 764 g/mol. The molecule has 0 saturated heterocycles. The van der Waals surface area contributed by atoms with Crippen molar-refractivity contribution in [2.45, 2.75) is 9.79 Å². The fourth-order valence-electron chi connectivity index (χ4n) is 4.23. The van der Waals surface area contributed by atoms with Crippen LogP contribution in [0.1, 0.15) is 11.1 Å². The summed E-state index contributed by atoms with van der Waals surface area (Å²) in [5, 5.41) is 53.2. The van der Waals surface area contributed by atoms with E-state index in [-0.39, 0.29) is 111 Å². The van der Waals surface area contributed by atoms with Gasteiger partial charge in [0.25, 0.3) is 20.2 Å². The van der Waals surface area contributed by atoms with Gasteiger partial charge < -0.3 is 52.3 Å². The van der Waals surface area contributed by atoms with E-state index in [0.717, 1.165) is 12.1 Å². The standard InChI is InChI=1S/C28H36N12O10S2/c41-11-7-29-23-35-24(30-8-12-42)38-27(37-23)33-19-5-3-17(21(15-19)51(45,46)47)1-2-18-4-6-20(16-22(18)52(48,49)50)34-28-39-25(31-9-13-43)36-26(40-28)32-10-14-44/h1-6,15-16,41-44H,7-14H2,(H,45,46,47)(H,48,49,50)(H3,29,30,33,35,37,38)(H3,31,32,34,36,39,40)/b2-1+. The lowest BCUT2D eigenvalue weighted by Gasteiger charge is -2.12. The Bertz CT molecular complexity index is 1890. The van der Waals surface area contributed by atoms with E-state index in [1.165, 1.54) is 36.4 Å². The van der Waals surface area contributed by atoms with Gasteiger partial charge in [0, 0.05) is 37.6 Å². The Labute approximate surface area is 297 Å². The molecule has 2 heterocycles. The zero-order valence-corrected chi connectivity index (χ0v) is 28.7. The van der Waals surface area contributed by atoms with Crippen molar-refractivity contribution in [2.75, 3.05) is 84.5 Å². The van der Waals surface area contributed by atoms with Gasteiger partial charge in [0.1, 0.15) is 9.79 Å². The highest BCUT2D eigenvalue weighted by Gasteiger charge is 2.19. The van der Waals surface area contributed by atoms with Crippen LogP contribution in [0.15, 0.2) is 46.2 Å². The van der Waals surface area contributed by atoms with Crippen LogP contribution in [0.2, 0.25) is 0 Å². The Hall–Kier alpha value is -5.34. The van der Waals surface area contributed by atoms with Gasteiger partial charge >= 0.3 is 0 Å². The summed E-state index contributed by atoms with van der Waals surface area (Å²) >= 11 is 0.